The van der Waals surface area contributed by atoms with Gasteiger partial charge < -0.3 is 14.8 Å². The minimum Gasteiger partial charge on any atom is -0.468 e. The maximum absolute atomic E-state index is 13.1. The molecule has 10 heteroatoms. The third-order valence-electron chi connectivity index (χ3n) is 5.12. The maximum Gasteiger partial charge on any atom is 0.315 e. The Kier molecular flexibility index (Phi) is 8.62. The van der Waals surface area contributed by atoms with Crippen molar-refractivity contribution in [2.24, 2.45) is 10.9 Å². The van der Waals surface area contributed by atoms with E-state index in [9.17, 15) is 24.5 Å². The number of nitrogens with zero attached hydrogens (tertiary/aromatic N) is 2. The zero-order valence-corrected chi connectivity index (χ0v) is 18.5. The summed E-state index contributed by atoms with van der Waals surface area (Å²) in [6.45, 7) is 5.51. The number of benzene rings is 1. The fraction of sp³-hybridized carbons (Fsp3) is 0.455. The normalized spacial score (nSPS) is 17.9. The Labute approximate surface area is 185 Å². The van der Waals surface area contributed by atoms with Crippen LogP contribution in [0.1, 0.15) is 45.1 Å². The van der Waals surface area contributed by atoms with E-state index in [-0.39, 0.29) is 36.8 Å². The third kappa shape index (κ3) is 5.77. The number of amides is 1. The molecule has 0 radical (unpaired) electrons. The summed E-state index contributed by atoms with van der Waals surface area (Å²) >= 11 is 0. The predicted octanol–water partition coefficient (Wildman–Crippen LogP) is 2.68. The number of aliphatic imine (C=N–C) groups is 1. The van der Waals surface area contributed by atoms with Crippen molar-refractivity contribution in [3.63, 3.8) is 0 Å². The van der Waals surface area contributed by atoms with Gasteiger partial charge in [0.1, 0.15) is 5.92 Å². The number of esters is 2. The second-order valence-electron chi connectivity index (χ2n) is 7.25. The molecule has 1 aliphatic rings. The van der Waals surface area contributed by atoms with Crippen LogP contribution in [-0.4, -0.2) is 48.7 Å². The highest BCUT2D eigenvalue weighted by molar-refractivity contribution is 6.07. The minimum atomic E-state index is -0.911. The minimum absolute atomic E-state index is 0.155. The van der Waals surface area contributed by atoms with E-state index in [4.69, 9.17) is 9.47 Å². The topological polar surface area (TPSA) is 137 Å². The number of non-ortho nitro benzene ring substituents is 1. The average Bonchev–Trinajstić information content (AvgIpc) is 2.75. The van der Waals surface area contributed by atoms with Crippen LogP contribution in [0.2, 0.25) is 0 Å². The number of nitro benzene ring substituents is 1. The number of carbonyl (C=O) groups excluding carboxylic acids is 3. The first-order chi connectivity index (χ1) is 15.2. The molecular formula is C22H27N3O7. The molecule has 2 atom stereocenters. The molecule has 1 N–H and O–H groups in total. The standard InChI is InChI=1S/C22H27N3O7/c1-5-32-17(26)10-7-11-23-21(27)18-13(2)24-14(3)19(22(28)31-4)20(18)15-8-6-9-16(12-15)25(29)30/h6,8-9,12,19-20H,5,7,10-11H2,1-4H3,(H,23,27). The molecule has 0 bridgehead atoms. The van der Waals surface area contributed by atoms with Crippen LogP contribution in [0.25, 0.3) is 0 Å². The highest BCUT2D eigenvalue weighted by atomic mass is 16.6. The summed E-state index contributed by atoms with van der Waals surface area (Å²) in [5, 5.41) is 14.0. The van der Waals surface area contributed by atoms with E-state index in [2.05, 4.69) is 10.3 Å². The van der Waals surface area contributed by atoms with E-state index in [1.165, 1.54) is 25.3 Å². The average molecular weight is 445 g/mol. The van der Waals surface area contributed by atoms with Crippen LogP contribution >= 0.6 is 0 Å². The van der Waals surface area contributed by atoms with Crippen molar-refractivity contribution in [2.75, 3.05) is 20.3 Å². The number of allylic oxidation sites excluding steroid dienone is 1. The highest BCUT2D eigenvalue weighted by Crippen LogP contribution is 2.40. The number of carbonyl (C=O) groups is 3. The van der Waals surface area contributed by atoms with Gasteiger partial charge in [-0.15, -0.1) is 0 Å². The summed E-state index contributed by atoms with van der Waals surface area (Å²) in [6, 6.07) is 5.83. The molecular weight excluding hydrogens is 418 g/mol. The van der Waals surface area contributed by atoms with Crippen LogP contribution < -0.4 is 5.32 Å². The van der Waals surface area contributed by atoms with Crippen molar-refractivity contribution in [1.29, 1.82) is 0 Å². The van der Waals surface area contributed by atoms with Gasteiger partial charge in [0.2, 0.25) is 5.91 Å². The summed E-state index contributed by atoms with van der Waals surface area (Å²) in [6.07, 6.45) is 0.531. The first-order valence-electron chi connectivity index (χ1n) is 10.2. The molecule has 10 nitrogen and oxygen atoms in total. The first-order valence-corrected chi connectivity index (χ1v) is 10.2. The lowest BCUT2D eigenvalue weighted by Gasteiger charge is -2.31. The Morgan fingerprint density at radius 1 is 1.25 bits per heavy atom. The van der Waals surface area contributed by atoms with E-state index in [1.54, 1.807) is 26.8 Å². The fourth-order valence-electron chi connectivity index (χ4n) is 3.72. The van der Waals surface area contributed by atoms with E-state index >= 15 is 0 Å². The SMILES string of the molecule is CCOC(=O)CCCNC(=O)C1=C(C)N=C(C)C(C(=O)OC)C1c1cccc([N+](=O)[O-])c1. The molecule has 0 aromatic heterocycles. The largest absolute Gasteiger partial charge is 0.468 e. The molecule has 0 fully saturated rings. The van der Waals surface area contributed by atoms with Gasteiger partial charge >= 0.3 is 11.9 Å². The maximum atomic E-state index is 13.1. The number of ether oxygens (including phenoxy) is 2. The van der Waals surface area contributed by atoms with Crippen LogP contribution in [0.4, 0.5) is 5.69 Å². The molecule has 2 rings (SSSR count). The van der Waals surface area contributed by atoms with Gasteiger partial charge in [0.05, 0.1) is 18.6 Å². The van der Waals surface area contributed by atoms with Gasteiger partial charge in [0, 0.05) is 48.0 Å². The summed E-state index contributed by atoms with van der Waals surface area (Å²) in [4.78, 5) is 52.3. The molecule has 0 saturated carbocycles. The van der Waals surface area contributed by atoms with Gasteiger partial charge in [-0.05, 0) is 32.8 Å². The second kappa shape index (κ2) is 11.2. The molecule has 0 aliphatic carbocycles. The Morgan fingerprint density at radius 3 is 2.59 bits per heavy atom. The number of rotatable bonds is 9. The van der Waals surface area contributed by atoms with Crippen molar-refractivity contribution in [2.45, 2.75) is 39.5 Å². The van der Waals surface area contributed by atoms with Crippen molar-refractivity contribution in [3.05, 3.63) is 51.2 Å². The van der Waals surface area contributed by atoms with Crippen molar-refractivity contribution in [1.82, 2.24) is 5.32 Å². The van der Waals surface area contributed by atoms with Gasteiger partial charge in [-0.1, -0.05) is 12.1 Å². The van der Waals surface area contributed by atoms with Crippen LogP contribution in [0.5, 0.6) is 0 Å². The van der Waals surface area contributed by atoms with Crippen molar-refractivity contribution in [3.8, 4) is 0 Å². The third-order valence-corrected chi connectivity index (χ3v) is 5.12. The number of hydrogen-bond acceptors (Lipinski definition) is 8. The second-order valence-corrected chi connectivity index (χ2v) is 7.25. The fourth-order valence-corrected chi connectivity index (χ4v) is 3.72. The zero-order valence-electron chi connectivity index (χ0n) is 18.5. The molecule has 1 heterocycles. The lowest BCUT2D eigenvalue weighted by molar-refractivity contribution is -0.384. The van der Waals surface area contributed by atoms with Crippen molar-refractivity contribution >= 4 is 29.2 Å². The first kappa shape index (κ1) is 24.7. The lowest BCUT2D eigenvalue weighted by atomic mass is 9.75. The Morgan fingerprint density at radius 2 is 1.97 bits per heavy atom. The van der Waals surface area contributed by atoms with Gasteiger partial charge in [-0.3, -0.25) is 29.5 Å². The summed E-state index contributed by atoms with van der Waals surface area (Å²) in [5.41, 5.74) is 1.35. The van der Waals surface area contributed by atoms with Gasteiger partial charge in [0.25, 0.3) is 5.69 Å². The predicted molar refractivity (Wildman–Crippen MR) is 116 cm³/mol. The summed E-state index contributed by atoms with van der Waals surface area (Å²) in [5.74, 6) is -3.14. The van der Waals surface area contributed by atoms with E-state index in [1.807, 2.05) is 0 Å². The van der Waals surface area contributed by atoms with E-state index in [0.29, 0.717) is 23.4 Å². The van der Waals surface area contributed by atoms with Gasteiger partial charge in [0.15, 0.2) is 0 Å². The van der Waals surface area contributed by atoms with E-state index < -0.39 is 28.6 Å². The molecule has 1 aromatic carbocycles. The van der Waals surface area contributed by atoms with Crippen LogP contribution in [0.15, 0.2) is 40.5 Å². The molecule has 1 aliphatic heterocycles. The van der Waals surface area contributed by atoms with Crippen molar-refractivity contribution < 1.29 is 28.8 Å². The highest BCUT2D eigenvalue weighted by Gasteiger charge is 2.41. The Balaban J connectivity index is 2.38. The number of methoxy groups -OCH3 is 1. The number of nitrogens with one attached hydrogen (secondary N) is 1. The molecule has 0 spiro atoms. The summed E-state index contributed by atoms with van der Waals surface area (Å²) in [7, 11) is 1.24. The zero-order chi connectivity index (χ0) is 23.8. The monoisotopic (exact) mass is 445 g/mol. The van der Waals surface area contributed by atoms with Crippen LogP contribution in [-0.2, 0) is 23.9 Å². The van der Waals surface area contributed by atoms with Crippen LogP contribution in [0.3, 0.4) is 0 Å². The molecule has 1 amide bonds. The summed E-state index contributed by atoms with van der Waals surface area (Å²) < 4.78 is 9.81. The molecule has 172 valence electrons. The van der Waals surface area contributed by atoms with E-state index in [0.717, 1.165) is 0 Å². The van der Waals surface area contributed by atoms with Crippen LogP contribution in [0, 0.1) is 16.0 Å². The Hall–Kier alpha value is -3.56. The molecule has 2 unspecified atom stereocenters. The molecule has 32 heavy (non-hydrogen) atoms. The van der Waals surface area contributed by atoms with Gasteiger partial charge in [-0.25, -0.2) is 0 Å². The quantitative estimate of drug-likeness (QED) is 0.267. The molecule has 1 aromatic rings. The Bertz CT molecular complexity index is 968. The number of nitro groups is 1. The lowest BCUT2D eigenvalue weighted by Crippen LogP contribution is -2.39. The van der Waals surface area contributed by atoms with Gasteiger partial charge in [-0.2, -0.15) is 0 Å². The smallest absolute Gasteiger partial charge is 0.315 e. The number of hydrogen-bond donors (Lipinski definition) is 1. The molecule has 0 saturated heterocycles.